The summed E-state index contributed by atoms with van der Waals surface area (Å²) in [7, 11) is 2.29. The van der Waals surface area contributed by atoms with Gasteiger partial charge in [0, 0.05) is 41.9 Å². The van der Waals surface area contributed by atoms with Gasteiger partial charge in [0.2, 0.25) is 0 Å². The van der Waals surface area contributed by atoms with Crippen LogP contribution in [-0.2, 0) is 6.54 Å². The van der Waals surface area contributed by atoms with E-state index in [-0.39, 0.29) is 0 Å². The van der Waals surface area contributed by atoms with E-state index in [9.17, 15) is 0 Å². The average molecular weight is 324 g/mol. The van der Waals surface area contributed by atoms with Crippen molar-refractivity contribution in [3.8, 4) is 0 Å². The fourth-order valence-electron chi connectivity index (χ4n) is 3.48. The first kappa shape index (κ1) is 13.4. The topological polar surface area (TPSA) is 32.5 Å². The summed E-state index contributed by atoms with van der Waals surface area (Å²) in [6, 6.07) is 7.65. The third kappa shape index (κ3) is 2.81. The SMILES string of the molecule is CN1C2CCC1CN(Cc1cc(N)ccc1Br)CC2. The standard InChI is InChI=1S/C15H22BrN3/c1-18-13-3-4-14(18)10-19(7-6-13)9-11-8-12(17)2-5-15(11)16/h2,5,8,13-14H,3-4,6-7,9-10,17H2,1H3. The monoisotopic (exact) mass is 323 g/mol. The summed E-state index contributed by atoms with van der Waals surface area (Å²) in [6.45, 7) is 3.39. The van der Waals surface area contributed by atoms with Crippen LogP contribution in [0, 0.1) is 0 Å². The molecule has 104 valence electrons. The Morgan fingerprint density at radius 2 is 2.05 bits per heavy atom. The first-order valence-electron chi connectivity index (χ1n) is 7.11. The first-order chi connectivity index (χ1) is 9.13. The molecule has 2 aliphatic heterocycles. The maximum Gasteiger partial charge on any atom is 0.0318 e. The second kappa shape index (κ2) is 5.43. The molecule has 3 rings (SSSR count). The Balaban J connectivity index is 1.72. The van der Waals surface area contributed by atoms with E-state index in [1.807, 2.05) is 6.07 Å². The number of benzene rings is 1. The summed E-state index contributed by atoms with van der Waals surface area (Å²) in [4.78, 5) is 5.17. The van der Waals surface area contributed by atoms with Crippen molar-refractivity contribution in [1.29, 1.82) is 0 Å². The van der Waals surface area contributed by atoms with Gasteiger partial charge in [-0.2, -0.15) is 0 Å². The molecule has 3 nitrogen and oxygen atoms in total. The molecule has 2 unspecified atom stereocenters. The minimum Gasteiger partial charge on any atom is -0.399 e. The van der Waals surface area contributed by atoms with E-state index in [1.54, 1.807) is 0 Å². The third-order valence-electron chi connectivity index (χ3n) is 4.70. The number of fused-ring (bicyclic) bond motifs is 2. The summed E-state index contributed by atoms with van der Waals surface area (Å²) in [6.07, 6.45) is 4.04. The second-order valence-electron chi connectivity index (χ2n) is 5.93. The summed E-state index contributed by atoms with van der Waals surface area (Å²) >= 11 is 3.64. The molecule has 2 fully saturated rings. The Labute approximate surface area is 123 Å². The van der Waals surface area contributed by atoms with Gasteiger partial charge in [-0.15, -0.1) is 0 Å². The van der Waals surface area contributed by atoms with E-state index in [2.05, 4.69) is 44.9 Å². The highest BCUT2D eigenvalue weighted by atomic mass is 79.9. The molecule has 2 atom stereocenters. The van der Waals surface area contributed by atoms with Crippen molar-refractivity contribution in [3.05, 3.63) is 28.2 Å². The molecule has 2 heterocycles. The molecular weight excluding hydrogens is 302 g/mol. The second-order valence-corrected chi connectivity index (χ2v) is 6.78. The summed E-state index contributed by atoms with van der Waals surface area (Å²) in [5.74, 6) is 0. The Morgan fingerprint density at radius 1 is 1.26 bits per heavy atom. The zero-order chi connectivity index (χ0) is 13.4. The van der Waals surface area contributed by atoms with Crippen LogP contribution < -0.4 is 5.73 Å². The van der Waals surface area contributed by atoms with Crippen LogP contribution in [0.2, 0.25) is 0 Å². The molecule has 2 bridgehead atoms. The Kier molecular flexibility index (Phi) is 3.83. The molecule has 0 aromatic heterocycles. The number of hydrogen-bond acceptors (Lipinski definition) is 3. The third-order valence-corrected chi connectivity index (χ3v) is 5.47. The van der Waals surface area contributed by atoms with Gasteiger partial charge in [0.1, 0.15) is 0 Å². The van der Waals surface area contributed by atoms with Gasteiger partial charge >= 0.3 is 0 Å². The van der Waals surface area contributed by atoms with Crippen LogP contribution in [0.25, 0.3) is 0 Å². The number of nitrogens with zero attached hydrogens (tertiary/aromatic N) is 2. The zero-order valence-corrected chi connectivity index (χ0v) is 13.1. The van der Waals surface area contributed by atoms with Crippen molar-refractivity contribution in [1.82, 2.24) is 9.80 Å². The van der Waals surface area contributed by atoms with Gasteiger partial charge in [0.15, 0.2) is 0 Å². The lowest BCUT2D eigenvalue weighted by atomic mass is 10.1. The molecule has 0 amide bonds. The number of likely N-dealkylation sites (tertiary alicyclic amines) is 1. The quantitative estimate of drug-likeness (QED) is 0.849. The highest BCUT2D eigenvalue weighted by molar-refractivity contribution is 9.10. The van der Waals surface area contributed by atoms with Gasteiger partial charge in [0.25, 0.3) is 0 Å². The van der Waals surface area contributed by atoms with Gasteiger partial charge in [-0.3, -0.25) is 9.80 Å². The molecule has 2 N–H and O–H groups in total. The Morgan fingerprint density at radius 3 is 2.89 bits per heavy atom. The lowest BCUT2D eigenvalue weighted by Gasteiger charge is -2.26. The number of halogens is 1. The number of anilines is 1. The molecule has 0 radical (unpaired) electrons. The number of hydrogen-bond donors (Lipinski definition) is 1. The van der Waals surface area contributed by atoms with Crippen molar-refractivity contribution >= 4 is 21.6 Å². The van der Waals surface area contributed by atoms with Crippen LogP contribution in [-0.4, -0.2) is 42.0 Å². The van der Waals surface area contributed by atoms with E-state index in [0.717, 1.165) is 24.3 Å². The predicted octanol–water partition coefficient (Wildman–Crippen LogP) is 2.70. The molecule has 4 heteroatoms. The highest BCUT2D eigenvalue weighted by Crippen LogP contribution is 2.30. The van der Waals surface area contributed by atoms with Crippen LogP contribution in [0.4, 0.5) is 5.69 Å². The zero-order valence-electron chi connectivity index (χ0n) is 11.5. The molecule has 2 aliphatic rings. The van der Waals surface area contributed by atoms with E-state index in [4.69, 9.17) is 5.73 Å². The van der Waals surface area contributed by atoms with Gasteiger partial charge in [-0.05, 0) is 50.1 Å². The molecule has 0 spiro atoms. The normalized spacial score (nSPS) is 28.5. The molecule has 0 aliphatic carbocycles. The Bertz CT molecular complexity index is 463. The fourth-order valence-corrected chi connectivity index (χ4v) is 3.85. The highest BCUT2D eigenvalue weighted by Gasteiger charge is 2.34. The molecule has 1 aromatic carbocycles. The van der Waals surface area contributed by atoms with Crippen molar-refractivity contribution in [2.45, 2.75) is 37.9 Å². The van der Waals surface area contributed by atoms with Crippen LogP contribution >= 0.6 is 15.9 Å². The summed E-state index contributed by atoms with van der Waals surface area (Å²) < 4.78 is 1.17. The van der Waals surface area contributed by atoms with Gasteiger partial charge in [-0.1, -0.05) is 15.9 Å². The van der Waals surface area contributed by atoms with Gasteiger partial charge < -0.3 is 5.73 Å². The number of rotatable bonds is 2. The van der Waals surface area contributed by atoms with Crippen LogP contribution in [0.3, 0.4) is 0 Å². The van der Waals surface area contributed by atoms with Crippen LogP contribution in [0.1, 0.15) is 24.8 Å². The summed E-state index contributed by atoms with van der Waals surface area (Å²) in [5.41, 5.74) is 8.06. The van der Waals surface area contributed by atoms with Crippen LogP contribution in [0.15, 0.2) is 22.7 Å². The van der Waals surface area contributed by atoms with Crippen molar-refractivity contribution < 1.29 is 0 Å². The minimum absolute atomic E-state index is 0.743. The van der Waals surface area contributed by atoms with Crippen LogP contribution in [0.5, 0.6) is 0 Å². The number of likely N-dealkylation sites (N-methyl/N-ethyl adjacent to an activating group) is 1. The first-order valence-corrected chi connectivity index (χ1v) is 7.91. The molecule has 19 heavy (non-hydrogen) atoms. The van der Waals surface area contributed by atoms with E-state index in [1.165, 1.54) is 42.4 Å². The molecule has 2 saturated heterocycles. The molecule has 0 saturated carbocycles. The van der Waals surface area contributed by atoms with Crippen molar-refractivity contribution in [3.63, 3.8) is 0 Å². The Hall–Kier alpha value is -0.580. The average Bonchev–Trinajstić information content (AvgIpc) is 2.62. The van der Waals surface area contributed by atoms with E-state index < -0.39 is 0 Å². The maximum atomic E-state index is 5.90. The van der Waals surface area contributed by atoms with E-state index >= 15 is 0 Å². The van der Waals surface area contributed by atoms with Crippen molar-refractivity contribution in [2.75, 3.05) is 25.9 Å². The number of nitrogens with two attached hydrogens (primary N) is 1. The predicted molar refractivity (Wildman–Crippen MR) is 83.0 cm³/mol. The fraction of sp³-hybridized carbons (Fsp3) is 0.600. The molecular formula is C15H22BrN3. The lowest BCUT2D eigenvalue weighted by Crippen LogP contribution is -2.36. The van der Waals surface area contributed by atoms with Crippen molar-refractivity contribution in [2.24, 2.45) is 0 Å². The number of nitrogen functional groups attached to an aromatic ring is 1. The van der Waals surface area contributed by atoms with E-state index in [0.29, 0.717) is 0 Å². The largest absolute Gasteiger partial charge is 0.399 e. The van der Waals surface area contributed by atoms with Gasteiger partial charge in [-0.25, -0.2) is 0 Å². The van der Waals surface area contributed by atoms with Gasteiger partial charge in [0.05, 0.1) is 0 Å². The lowest BCUT2D eigenvalue weighted by molar-refractivity contribution is 0.214. The molecule has 1 aromatic rings. The summed E-state index contributed by atoms with van der Waals surface area (Å²) in [5, 5.41) is 0. The smallest absolute Gasteiger partial charge is 0.0318 e. The minimum atomic E-state index is 0.743. The maximum absolute atomic E-state index is 5.90.